The summed E-state index contributed by atoms with van der Waals surface area (Å²) in [6.45, 7) is 2.01. The molecule has 1 amide bonds. The number of thiazole rings is 1. The third kappa shape index (κ3) is 5.00. The van der Waals surface area contributed by atoms with E-state index in [-0.39, 0.29) is 18.3 Å². The number of carbonyl (C=O) groups excluding carboxylic acids is 1. The van der Waals surface area contributed by atoms with E-state index in [4.69, 9.17) is 0 Å². The van der Waals surface area contributed by atoms with Gasteiger partial charge in [-0.1, -0.05) is 11.8 Å². The first-order valence-electron chi connectivity index (χ1n) is 8.90. The third-order valence-corrected chi connectivity index (χ3v) is 7.05. The lowest BCUT2D eigenvalue weighted by atomic mass is 9.89. The smallest absolute Gasteiger partial charge is 0.224 e. The number of fused-ring (bicyclic) bond motifs is 2. The van der Waals surface area contributed by atoms with Gasteiger partial charge in [-0.05, 0) is 62.8 Å². The summed E-state index contributed by atoms with van der Waals surface area (Å²) in [5.41, 5.74) is 1.93. The molecule has 2 saturated heterocycles. The number of nitrogens with one attached hydrogen (secondary N) is 2. The number of piperidine rings is 1. The zero-order valence-electron chi connectivity index (χ0n) is 14.7. The van der Waals surface area contributed by atoms with E-state index in [1.54, 1.807) is 23.1 Å². The molecule has 4 nitrogen and oxygen atoms in total. The number of carbonyl (C=O) groups is 1. The Labute approximate surface area is 169 Å². The van der Waals surface area contributed by atoms with Crippen LogP contribution in [0.1, 0.15) is 37.8 Å². The fourth-order valence-electron chi connectivity index (χ4n) is 3.90. The van der Waals surface area contributed by atoms with Crippen molar-refractivity contribution in [2.24, 2.45) is 5.92 Å². The molecule has 4 rings (SSSR count). The van der Waals surface area contributed by atoms with Crippen LogP contribution in [0.4, 0.5) is 5.69 Å². The van der Waals surface area contributed by atoms with E-state index in [9.17, 15) is 4.79 Å². The molecule has 2 N–H and O–H groups in total. The van der Waals surface area contributed by atoms with E-state index in [0.717, 1.165) is 33.5 Å². The molecule has 1 aromatic heterocycles. The Morgan fingerprint density at radius 3 is 2.58 bits per heavy atom. The largest absolute Gasteiger partial charge is 0.326 e. The summed E-state index contributed by atoms with van der Waals surface area (Å²) in [6, 6.07) is 9.33. The molecular formula is C19H24ClN3OS2. The van der Waals surface area contributed by atoms with E-state index in [1.165, 1.54) is 12.8 Å². The van der Waals surface area contributed by atoms with Gasteiger partial charge in [-0.25, -0.2) is 4.98 Å². The number of aromatic nitrogens is 1. The highest BCUT2D eigenvalue weighted by molar-refractivity contribution is 8.01. The van der Waals surface area contributed by atoms with E-state index in [2.05, 4.69) is 21.0 Å². The molecule has 3 heterocycles. The molecule has 2 aromatic rings. The number of nitrogens with zero attached hydrogens (tertiary/aromatic N) is 1. The fourth-order valence-corrected chi connectivity index (χ4v) is 5.71. The van der Waals surface area contributed by atoms with Gasteiger partial charge < -0.3 is 10.6 Å². The maximum atomic E-state index is 12.3. The summed E-state index contributed by atoms with van der Waals surface area (Å²) in [7, 11) is 0. The number of halogens is 1. The van der Waals surface area contributed by atoms with Gasteiger partial charge in [0.05, 0.1) is 0 Å². The van der Waals surface area contributed by atoms with Gasteiger partial charge in [0.2, 0.25) is 5.91 Å². The van der Waals surface area contributed by atoms with Crippen molar-refractivity contribution in [3.8, 4) is 0 Å². The highest BCUT2D eigenvalue weighted by atomic mass is 35.5. The van der Waals surface area contributed by atoms with Crippen molar-refractivity contribution in [3.63, 3.8) is 0 Å². The second-order valence-electron chi connectivity index (χ2n) is 7.11. The normalized spacial score (nSPS) is 24.1. The van der Waals surface area contributed by atoms with Crippen LogP contribution in [0.2, 0.25) is 0 Å². The Morgan fingerprint density at radius 2 is 1.96 bits per heavy atom. The molecule has 140 valence electrons. The first kappa shape index (κ1) is 19.7. The Hall–Kier alpha value is -1.08. The predicted octanol–water partition coefficient (Wildman–Crippen LogP) is 4.88. The minimum atomic E-state index is 0. The highest BCUT2D eigenvalue weighted by Crippen LogP contribution is 2.33. The van der Waals surface area contributed by atoms with Crippen molar-refractivity contribution in [3.05, 3.63) is 35.3 Å². The fraction of sp³-hybridized carbons (Fsp3) is 0.474. The van der Waals surface area contributed by atoms with Crippen LogP contribution in [-0.4, -0.2) is 23.0 Å². The maximum Gasteiger partial charge on any atom is 0.224 e. The summed E-state index contributed by atoms with van der Waals surface area (Å²) in [5, 5.41) is 8.74. The van der Waals surface area contributed by atoms with Crippen molar-refractivity contribution in [2.75, 3.05) is 5.32 Å². The molecule has 7 heteroatoms. The lowest BCUT2D eigenvalue weighted by molar-refractivity contribution is -0.117. The average molecular weight is 410 g/mol. The van der Waals surface area contributed by atoms with Gasteiger partial charge in [-0.3, -0.25) is 4.79 Å². The number of rotatable bonds is 5. The number of hydrogen-bond donors (Lipinski definition) is 2. The van der Waals surface area contributed by atoms with Crippen LogP contribution < -0.4 is 10.6 Å². The molecule has 0 saturated carbocycles. The third-order valence-electron chi connectivity index (χ3n) is 4.99. The van der Waals surface area contributed by atoms with Gasteiger partial charge in [0.1, 0.15) is 0 Å². The summed E-state index contributed by atoms with van der Waals surface area (Å²) in [6.07, 6.45) is 5.49. The van der Waals surface area contributed by atoms with Crippen LogP contribution in [0.25, 0.3) is 0 Å². The summed E-state index contributed by atoms with van der Waals surface area (Å²) in [5.74, 6) is 0.670. The van der Waals surface area contributed by atoms with Crippen molar-refractivity contribution in [1.82, 2.24) is 10.3 Å². The monoisotopic (exact) mass is 409 g/mol. The maximum absolute atomic E-state index is 12.3. The van der Waals surface area contributed by atoms with Crippen LogP contribution in [0, 0.1) is 12.8 Å². The zero-order valence-corrected chi connectivity index (χ0v) is 17.2. The van der Waals surface area contributed by atoms with Crippen LogP contribution in [0.5, 0.6) is 0 Å². The minimum absolute atomic E-state index is 0. The molecular weight excluding hydrogens is 386 g/mol. The Balaban J connectivity index is 0.00000196. The minimum Gasteiger partial charge on any atom is -0.326 e. The number of aryl methyl sites for hydroxylation is 1. The predicted molar refractivity (Wildman–Crippen MR) is 111 cm³/mol. The molecule has 2 aliphatic rings. The summed E-state index contributed by atoms with van der Waals surface area (Å²) < 4.78 is 1.05. The molecule has 2 fully saturated rings. The lowest BCUT2D eigenvalue weighted by Crippen LogP contribution is -2.39. The molecule has 0 aliphatic carbocycles. The second-order valence-corrected chi connectivity index (χ2v) is 9.29. The first-order valence-corrected chi connectivity index (χ1v) is 10.6. The van der Waals surface area contributed by atoms with Crippen molar-refractivity contribution in [2.45, 2.75) is 60.3 Å². The number of hydrogen-bond acceptors (Lipinski definition) is 5. The summed E-state index contributed by atoms with van der Waals surface area (Å²) in [4.78, 5) is 18.0. The van der Waals surface area contributed by atoms with Crippen molar-refractivity contribution >= 4 is 47.1 Å². The highest BCUT2D eigenvalue weighted by Gasteiger charge is 2.34. The van der Waals surface area contributed by atoms with E-state index in [1.807, 2.05) is 31.2 Å². The molecule has 2 atom stereocenters. The Kier molecular flexibility index (Phi) is 6.61. The standard InChI is InChI=1S/C19H23N3OS2.ClH/c1-12-11-24-19(20-12)25-17-6-4-14(5-7-17)22-18(23)10-13-8-15-2-3-16(9-13)21-15;/h4-7,11,13,15-16,21H,2-3,8-10H2,1H3,(H,22,23);1H. The Morgan fingerprint density at radius 1 is 1.27 bits per heavy atom. The molecule has 0 radical (unpaired) electrons. The van der Waals surface area contributed by atoms with Crippen molar-refractivity contribution < 1.29 is 4.79 Å². The van der Waals surface area contributed by atoms with Gasteiger partial charge in [0, 0.05) is 40.2 Å². The van der Waals surface area contributed by atoms with E-state index >= 15 is 0 Å². The van der Waals surface area contributed by atoms with Gasteiger partial charge in [0.15, 0.2) is 4.34 Å². The molecule has 0 spiro atoms. The Bertz CT molecular complexity index is 737. The average Bonchev–Trinajstić information content (AvgIpc) is 3.14. The SMILES string of the molecule is Cc1csc(Sc2ccc(NC(=O)CC3CC4CCC(C3)N4)cc2)n1.Cl. The van der Waals surface area contributed by atoms with Gasteiger partial charge in [-0.15, -0.1) is 23.7 Å². The van der Waals surface area contributed by atoms with Gasteiger partial charge in [0.25, 0.3) is 0 Å². The van der Waals surface area contributed by atoms with Gasteiger partial charge in [-0.2, -0.15) is 0 Å². The number of anilines is 1. The van der Waals surface area contributed by atoms with Crippen LogP contribution >= 0.6 is 35.5 Å². The molecule has 26 heavy (non-hydrogen) atoms. The quantitative estimate of drug-likeness (QED) is 0.738. The van der Waals surface area contributed by atoms with E-state index in [0.29, 0.717) is 24.4 Å². The molecule has 2 bridgehead atoms. The molecule has 2 unspecified atom stereocenters. The van der Waals surface area contributed by atoms with Crippen molar-refractivity contribution in [1.29, 1.82) is 0 Å². The van der Waals surface area contributed by atoms with Gasteiger partial charge >= 0.3 is 0 Å². The van der Waals surface area contributed by atoms with Crippen LogP contribution in [0.15, 0.2) is 38.9 Å². The zero-order chi connectivity index (χ0) is 17.2. The second kappa shape index (κ2) is 8.74. The summed E-state index contributed by atoms with van der Waals surface area (Å²) >= 11 is 3.32. The lowest BCUT2D eigenvalue weighted by Gasteiger charge is -2.28. The molecule has 1 aromatic carbocycles. The van der Waals surface area contributed by atoms with Crippen LogP contribution in [-0.2, 0) is 4.79 Å². The van der Waals surface area contributed by atoms with Crippen LogP contribution in [0.3, 0.4) is 0 Å². The first-order chi connectivity index (χ1) is 12.1. The topological polar surface area (TPSA) is 54.0 Å². The number of amides is 1. The molecule has 2 aliphatic heterocycles. The van der Waals surface area contributed by atoms with E-state index < -0.39 is 0 Å². The number of benzene rings is 1.